The summed E-state index contributed by atoms with van der Waals surface area (Å²) < 4.78 is 3.83. The minimum Gasteiger partial charge on any atom is -0.292 e. The Morgan fingerprint density at radius 3 is 1.68 bits per heavy atom. The van der Waals surface area contributed by atoms with Crippen LogP contribution in [0.4, 0.5) is 0 Å². The molecule has 0 fully saturated rings. The third-order valence-electron chi connectivity index (χ3n) is 4.03. The maximum Gasteiger partial charge on any atom is 0.333 e. The lowest BCUT2D eigenvalue weighted by atomic mass is 9.89. The highest BCUT2D eigenvalue weighted by Gasteiger charge is 2.29. The zero-order valence-corrected chi connectivity index (χ0v) is 15.5. The molecule has 0 aliphatic rings. The lowest BCUT2D eigenvalue weighted by Gasteiger charge is -2.33. The van der Waals surface area contributed by atoms with Crippen LogP contribution in [0.3, 0.4) is 0 Å². The molecule has 0 aliphatic heterocycles. The topological polar surface area (TPSA) is 26.4 Å². The summed E-state index contributed by atoms with van der Waals surface area (Å²) in [6.45, 7) is 19.2. The maximum absolute atomic E-state index is 13.3. The molecule has 0 N–H and O–H groups in total. The van der Waals surface area contributed by atoms with Crippen LogP contribution in [0.1, 0.15) is 73.7 Å². The monoisotopic (exact) mass is 302 g/mol. The van der Waals surface area contributed by atoms with Crippen LogP contribution in [0, 0.1) is 0 Å². The molecule has 2 rings (SSSR count). The van der Waals surface area contributed by atoms with Crippen molar-refractivity contribution in [2.24, 2.45) is 0 Å². The van der Waals surface area contributed by atoms with Crippen molar-refractivity contribution in [3.8, 4) is 0 Å². The smallest absolute Gasteiger partial charge is 0.292 e. The van der Waals surface area contributed by atoms with Crippen molar-refractivity contribution in [1.29, 1.82) is 0 Å². The molecule has 0 saturated carbocycles. The van der Waals surface area contributed by atoms with E-state index in [1.54, 1.807) is 0 Å². The van der Waals surface area contributed by atoms with Gasteiger partial charge in [0, 0.05) is 27.8 Å². The molecular formula is C19H30N2O. The van der Waals surface area contributed by atoms with Crippen molar-refractivity contribution < 1.29 is 0 Å². The Hall–Kier alpha value is -1.51. The van der Waals surface area contributed by atoms with Crippen LogP contribution in [-0.4, -0.2) is 8.97 Å². The summed E-state index contributed by atoms with van der Waals surface area (Å²) in [5, 5.41) is 0. The predicted molar refractivity (Wildman–Crippen MR) is 94.1 cm³/mol. The van der Waals surface area contributed by atoms with E-state index in [-0.39, 0.29) is 22.1 Å². The molecule has 0 unspecified atom stereocenters. The second-order valence-corrected chi connectivity index (χ2v) is 9.30. The fourth-order valence-electron chi connectivity index (χ4n) is 2.97. The van der Waals surface area contributed by atoms with Gasteiger partial charge in [-0.1, -0.05) is 41.5 Å². The van der Waals surface area contributed by atoms with E-state index in [4.69, 9.17) is 0 Å². The fourth-order valence-corrected chi connectivity index (χ4v) is 2.97. The molecule has 3 nitrogen and oxygen atoms in total. The first-order chi connectivity index (χ1) is 9.74. The average Bonchev–Trinajstić information content (AvgIpc) is 2.69. The summed E-state index contributed by atoms with van der Waals surface area (Å²) in [4.78, 5) is 13.3. The first-order valence-electron chi connectivity index (χ1n) is 8.03. The molecule has 0 saturated heterocycles. The average molecular weight is 302 g/mol. The van der Waals surface area contributed by atoms with Gasteiger partial charge in [-0.15, -0.1) is 0 Å². The molecule has 3 heteroatoms. The SMILES string of the molecule is CC(C)(C)c1cc2ccc(C(C)(C)C)n2c(=O)n1C(C)(C)C. The van der Waals surface area contributed by atoms with Crippen molar-refractivity contribution in [1.82, 2.24) is 8.97 Å². The van der Waals surface area contributed by atoms with Gasteiger partial charge in [-0.05, 0) is 39.0 Å². The van der Waals surface area contributed by atoms with Crippen LogP contribution in [0.2, 0.25) is 0 Å². The van der Waals surface area contributed by atoms with E-state index in [1.807, 2.05) is 8.97 Å². The molecule has 122 valence electrons. The van der Waals surface area contributed by atoms with Crippen LogP contribution in [0.15, 0.2) is 23.0 Å². The van der Waals surface area contributed by atoms with Crippen LogP contribution >= 0.6 is 0 Å². The standard InChI is InChI=1S/C19H30N2O/c1-17(2,3)14-11-10-13-12-15(18(4,5)6)21(19(7,8)9)16(22)20(13)14/h10-12H,1-9H3. The molecule has 0 spiro atoms. The van der Waals surface area contributed by atoms with Crippen molar-refractivity contribution in [2.45, 2.75) is 78.7 Å². The summed E-state index contributed by atoms with van der Waals surface area (Å²) in [7, 11) is 0. The van der Waals surface area contributed by atoms with E-state index in [2.05, 4.69) is 80.5 Å². The Morgan fingerprint density at radius 2 is 1.27 bits per heavy atom. The van der Waals surface area contributed by atoms with Gasteiger partial charge in [-0.25, -0.2) is 4.79 Å². The predicted octanol–water partition coefficient (Wildman–Crippen LogP) is 4.45. The van der Waals surface area contributed by atoms with E-state index >= 15 is 0 Å². The first-order valence-corrected chi connectivity index (χ1v) is 8.03. The van der Waals surface area contributed by atoms with E-state index in [1.165, 1.54) is 0 Å². The van der Waals surface area contributed by atoms with Crippen molar-refractivity contribution >= 4 is 5.52 Å². The minimum absolute atomic E-state index is 0.0600. The van der Waals surface area contributed by atoms with Gasteiger partial charge in [0.05, 0.1) is 5.52 Å². The summed E-state index contributed by atoms with van der Waals surface area (Å²) >= 11 is 0. The summed E-state index contributed by atoms with van der Waals surface area (Å²) in [6.07, 6.45) is 0. The quantitative estimate of drug-likeness (QED) is 0.706. The Bertz CT molecular complexity index is 756. The van der Waals surface area contributed by atoms with Crippen LogP contribution in [0.5, 0.6) is 0 Å². The van der Waals surface area contributed by atoms with E-state index in [0.717, 1.165) is 16.9 Å². The first kappa shape index (κ1) is 16.9. The third-order valence-corrected chi connectivity index (χ3v) is 4.03. The number of fused-ring (bicyclic) bond motifs is 1. The normalized spacial score (nSPS) is 13.9. The van der Waals surface area contributed by atoms with Crippen molar-refractivity contribution in [2.75, 3.05) is 0 Å². The van der Waals surface area contributed by atoms with Crippen molar-refractivity contribution in [3.63, 3.8) is 0 Å². The fraction of sp³-hybridized carbons (Fsp3) is 0.632. The largest absolute Gasteiger partial charge is 0.333 e. The number of aromatic nitrogens is 2. The molecule has 2 aromatic rings. The van der Waals surface area contributed by atoms with E-state index in [0.29, 0.717) is 0 Å². The van der Waals surface area contributed by atoms with Crippen LogP contribution in [-0.2, 0) is 16.4 Å². The number of hydrogen-bond donors (Lipinski definition) is 0. The Morgan fingerprint density at radius 1 is 0.773 bits per heavy atom. The van der Waals surface area contributed by atoms with Crippen molar-refractivity contribution in [3.05, 3.63) is 40.1 Å². The molecule has 0 aromatic carbocycles. The zero-order valence-electron chi connectivity index (χ0n) is 15.5. The second-order valence-electron chi connectivity index (χ2n) is 9.30. The summed E-state index contributed by atoms with van der Waals surface area (Å²) in [6, 6.07) is 6.31. The number of rotatable bonds is 0. The summed E-state index contributed by atoms with van der Waals surface area (Å²) in [5.41, 5.74) is 2.78. The Kier molecular flexibility index (Phi) is 3.63. The molecule has 2 heterocycles. The summed E-state index contributed by atoms with van der Waals surface area (Å²) in [5.74, 6) is 0. The van der Waals surface area contributed by atoms with Gasteiger partial charge in [0.15, 0.2) is 0 Å². The lowest BCUT2D eigenvalue weighted by Crippen LogP contribution is -2.43. The third kappa shape index (κ3) is 2.73. The minimum atomic E-state index is -0.257. The Balaban J connectivity index is 3.01. The highest BCUT2D eigenvalue weighted by atomic mass is 16.1. The molecule has 2 aromatic heterocycles. The van der Waals surface area contributed by atoms with Gasteiger partial charge in [0.1, 0.15) is 0 Å². The van der Waals surface area contributed by atoms with Gasteiger partial charge < -0.3 is 0 Å². The molecule has 0 radical (unpaired) electrons. The molecule has 0 amide bonds. The van der Waals surface area contributed by atoms with Gasteiger partial charge in [-0.3, -0.25) is 8.97 Å². The maximum atomic E-state index is 13.3. The van der Waals surface area contributed by atoms with Crippen LogP contribution in [0.25, 0.3) is 5.52 Å². The van der Waals surface area contributed by atoms with Gasteiger partial charge >= 0.3 is 5.69 Å². The van der Waals surface area contributed by atoms with Gasteiger partial charge in [0.2, 0.25) is 0 Å². The lowest BCUT2D eigenvalue weighted by molar-refractivity contribution is 0.336. The van der Waals surface area contributed by atoms with Gasteiger partial charge in [-0.2, -0.15) is 0 Å². The van der Waals surface area contributed by atoms with E-state index < -0.39 is 0 Å². The molecule has 0 aliphatic carbocycles. The number of hydrogen-bond acceptors (Lipinski definition) is 1. The second kappa shape index (κ2) is 4.74. The molecule has 22 heavy (non-hydrogen) atoms. The highest BCUT2D eigenvalue weighted by molar-refractivity contribution is 5.52. The highest BCUT2D eigenvalue weighted by Crippen LogP contribution is 2.29. The molecule has 0 atom stereocenters. The van der Waals surface area contributed by atoms with Gasteiger partial charge in [0.25, 0.3) is 0 Å². The van der Waals surface area contributed by atoms with Crippen LogP contribution < -0.4 is 5.69 Å². The molecular weight excluding hydrogens is 272 g/mol. The zero-order chi connectivity index (χ0) is 17.1. The van der Waals surface area contributed by atoms with E-state index in [9.17, 15) is 4.79 Å². The Labute approximate surface area is 134 Å². The molecule has 0 bridgehead atoms. The number of nitrogens with zero attached hydrogens (tertiary/aromatic N) is 2.